The fourth-order valence-corrected chi connectivity index (χ4v) is 2.71. The van der Waals surface area contributed by atoms with Crippen LogP contribution in [0.4, 0.5) is 0 Å². The quantitative estimate of drug-likeness (QED) is 0.588. The van der Waals surface area contributed by atoms with Gasteiger partial charge in [-0.3, -0.25) is 4.79 Å². The number of nitrogens with one attached hydrogen (secondary N) is 1. The van der Waals surface area contributed by atoms with E-state index in [9.17, 15) is 4.79 Å². The van der Waals surface area contributed by atoms with Crippen LogP contribution in [-0.2, 0) is 25.6 Å². The molecule has 0 saturated carbocycles. The molecule has 1 heterocycles. The molecule has 0 aliphatic carbocycles. The van der Waals surface area contributed by atoms with Gasteiger partial charge in [-0.2, -0.15) is 0 Å². The van der Waals surface area contributed by atoms with E-state index < -0.39 is 0 Å². The maximum atomic E-state index is 11.5. The van der Waals surface area contributed by atoms with Gasteiger partial charge in [-0.05, 0) is 25.8 Å². The summed E-state index contributed by atoms with van der Waals surface area (Å²) in [7, 11) is 1.41. The van der Waals surface area contributed by atoms with Crippen molar-refractivity contribution in [3.63, 3.8) is 0 Å². The highest BCUT2D eigenvalue weighted by Crippen LogP contribution is 2.22. The number of methoxy groups -OCH3 is 1. The van der Waals surface area contributed by atoms with E-state index in [1.807, 2.05) is 18.2 Å². The summed E-state index contributed by atoms with van der Waals surface area (Å²) in [6.07, 6.45) is 1.49. The second kappa shape index (κ2) is 8.43. The van der Waals surface area contributed by atoms with Gasteiger partial charge in [-0.1, -0.05) is 30.3 Å². The van der Waals surface area contributed by atoms with Crippen LogP contribution in [0, 0.1) is 0 Å². The molecule has 2 rings (SSSR count). The molecule has 0 aromatic heterocycles. The van der Waals surface area contributed by atoms with Crippen LogP contribution in [0.2, 0.25) is 0 Å². The summed E-state index contributed by atoms with van der Waals surface area (Å²) in [5.74, 6) is -0.222. The van der Waals surface area contributed by atoms with Crippen LogP contribution in [0.3, 0.4) is 0 Å². The first-order valence-corrected chi connectivity index (χ1v) is 8.11. The van der Waals surface area contributed by atoms with Gasteiger partial charge in [-0.15, -0.1) is 0 Å². The molecule has 1 N–H and O–H groups in total. The Hall–Kier alpha value is -1.43. The summed E-state index contributed by atoms with van der Waals surface area (Å²) in [5, 5.41) is 3.14. The third-order valence-electron chi connectivity index (χ3n) is 4.02. The van der Waals surface area contributed by atoms with E-state index in [0.717, 1.165) is 6.42 Å². The highest BCUT2D eigenvalue weighted by Gasteiger charge is 2.34. The highest BCUT2D eigenvalue weighted by atomic mass is 16.5. The van der Waals surface area contributed by atoms with Gasteiger partial charge >= 0.3 is 5.97 Å². The van der Waals surface area contributed by atoms with Gasteiger partial charge in [0.15, 0.2) is 0 Å². The number of carbonyl (C=O) groups excluding carboxylic acids is 1. The minimum absolute atomic E-state index is 0.0308. The smallest absolute Gasteiger partial charge is 0.322 e. The Bertz CT molecular complexity index is 489. The minimum Gasteiger partial charge on any atom is -0.468 e. The fourth-order valence-electron chi connectivity index (χ4n) is 2.71. The molecule has 1 aromatic carbocycles. The minimum atomic E-state index is -0.284. The SMILES string of the molecule is COC(=O)[C@@H]1C[C@@H](OC(C)(C)CCOCc2ccccc2)CN1. The molecule has 0 amide bonds. The number of ether oxygens (including phenoxy) is 3. The van der Waals surface area contributed by atoms with Crippen molar-refractivity contribution in [3.05, 3.63) is 35.9 Å². The van der Waals surface area contributed by atoms with Crippen LogP contribution >= 0.6 is 0 Å². The van der Waals surface area contributed by atoms with E-state index >= 15 is 0 Å². The van der Waals surface area contributed by atoms with Gasteiger partial charge in [0.1, 0.15) is 6.04 Å². The van der Waals surface area contributed by atoms with Crippen molar-refractivity contribution in [1.29, 1.82) is 0 Å². The van der Waals surface area contributed by atoms with E-state index in [1.54, 1.807) is 0 Å². The molecule has 0 unspecified atom stereocenters. The summed E-state index contributed by atoms with van der Waals surface area (Å²) in [4.78, 5) is 11.5. The first-order chi connectivity index (χ1) is 11.0. The van der Waals surface area contributed by atoms with Crippen LogP contribution in [0.25, 0.3) is 0 Å². The average molecular weight is 321 g/mol. The molecule has 23 heavy (non-hydrogen) atoms. The standard InChI is InChI=1S/C18H27NO4/c1-18(2,9-10-22-13-14-7-5-4-6-8-14)23-15-11-16(19-12-15)17(20)21-3/h4-8,15-16,19H,9-13H2,1-3H3/t15-,16+/m1/s1. The summed E-state index contributed by atoms with van der Waals surface area (Å²) in [6.45, 7) is 6.05. The number of hydrogen-bond donors (Lipinski definition) is 1. The molecule has 1 saturated heterocycles. The zero-order chi connectivity index (χ0) is 16.7. The van der Waals surface area contributed by atoms with Crippen molar-refractivity contribution in [3.8, 4) is 0 Å². The molecule has 1 aliphatic rings. The van der Waals surface area contributed by atoms with E-state index in [2.05, 4.69) is 31.3 Å². The second-order valence-corrected chi connectivity index (χ2v) is 6.51. The van der Waals surface area contributed by atoms with Gasteiger partial charge in [-0.25, -0.2) is 0 Å². The van der Waals surface area contributed by atoms with Crippen LogP contribution in [0.1, 0.15) is 32.3 Å². The number of benzene rings is 1. The molecule has 5 heteroatoms. The number of hydrogen-bond acceptors (Lipinski definition) is 5. The van der Waals surface area contributed by atoms with Gasteiger partial charge in [0.05, 0.1) is 25.4 Å². The van der Waals surface area contributed by atoms with Crippen molar-refractivity contribution < 1.29 is 19.0 Å². The molecular formula is C18H27NO4. The summed E-state index contributed by atoms with van der Waals surface area (Å²) >= 11 is 0. The molecule has 128 valence electrons. The normalized spacial score (nSPS) is 21.3. The molecule has 0 radical (unpaired) electrons. The fraction of sp³-hybridized carbons (Fsp3) is 0.611. The largest absolute Gasteiger partial charge is 0.468 e. The number of esters is 1. The Balaban J connectivity index is 1.67. The van der Waals surface area contributed by atoms with Gasteiger partial charge < -0.3 is 19.5 Å². The Labute approximate surface area is 138 Å². The molecule has 2 atom stereocenters. The van der Waals surface area contributed by atoms with E-state index in [-0.39, 0.29) is 23.7 Å². The Morgan fingerprint density at radius 3 is 2.74 bits per heavy atom. The van der Waals surface area contributed by atoms with Crippen molar-refractivity contribution in [2.24, 2.45) is 0 Å². The molecule has 0 bridgehead atoms. The Kier molecular flexibility index (Phi) is 6.57. The van der Waals surface area contributed by atoms with Crippen LogP contribution < -0.4 is 5.32 Å². The second-order valence-electron chi connectivity index (χ2n) is 6.51. The summed E-state index contributed by atoms with van der Waals surface area (Å²) in [5.41, 5.74) is 0.890. The maximum Gasteiger partial charge on any atom is 0.322 e. The zero-order valence-electron chi connectivity index (χ0n) is 14.2. The van der Waals surface area contributed by atoms with Crippen LogP contribution in [-0.4, -0.2) is 44.0 Å². The molecule has 1 aliphatic heterocycles. The highest BCUT2D eigenvalue weighted by molar-refractivity contribution is 5.76. The number of rotatable bonds is 8. The zero-order valence-corrected chi connectivity index (χ0v) is 14.2. The molecule has 5 nitrogen and oxygen atoms in total. The average Bonchev–Trinajstić information content (AvgIpc) is 2.99. The van der Waals surface area contributed by atoms with E-state index in [0.29, 0.717) is 26.2 Å². The number of carbonyl (C=O) groups is 1. The van der Waals surface area contributed by atoms with E-state index in [1.165, 1.54) is 12.7 Å². The third-order valence-corrected chi connectivity index (χ3v) is 4.02. The predicted molar refractivity (Wildman–Crippen MR) is 88.1 cm³/mol. The van der Waals surface area contributed by atoms with Crippen molar-refractivity contribution in [2.45, 2.75) is 51.0 Å². The molecule has 1 aromatic rings. The lowest BCUT2D eigenvalue weighted by Gasteiger charge is -2.29. The molecular weight excluding hydrogens is 294 g/mol. The van der Waals surface area contributed by atoms with Crippen LogP contribution in [0.15, 0.2) is 30.3 Å². The van der Waals surface area contributed by atoms with E-state index in [4.69, 9.17) is 14.2 Å². The van der Waals surface area contributed by atoms with Crippen LogP contribution in [0.5, 0.6) is 0 Å². The topological polar surface area (TPSA) is 56.8 Å². The lowest BCUT2D eigenvalue weighted by atomic mass is 10.0. The molecule has 1 fully saturated rings. The predicted octanol–water partition coefficient (Wildman–Crippen LogP) is 2.29. The first kappa shape index (κ1) is 17.9. The van der Waals surface area contributed by atoms with Gasteiger partial charge in [0.2, 0.25) is 0 Å². The lowest BCUT2D eigenvalue weighted by Crippen LogP contribution is -2.33. The summed E-state index contributed by atoms with van der Waals surface area (Å²) < 4.78 is 16.6. The van der Waals surface area contributed by atoms with Crippen molar-refractivity contribution in [1.82, 2.24) is 5.32 Å². The van der Waals surface area contributed by atoms with Crippen molar-refractivity contribution in [2.75, 3.05) is 20.3 Å². The van der Waals surface area contributed by atoms with Crippen molar-refractivity contribution >= 4 is 5.97 Å². The third kappa shape index (κ3) is 5.94. The Morgan fingerprint density at radius 2 is 2.04 bits per heavy atom. The maximum absolute atomic E-state index is 11.5. The summed E-state index contributed by atoms with van der Waals surface area (Å²) in [6, 6.07) is 9.87. The Morgan fingerprint density at radius 1 is 1.30 bits per heavy atom. The van der Waals surface area contributed by atoms with Gasteiger partial charge in [0, 0.05) is 19.6 Å². The monoisotopic (exact) mass is 321 g/mol. The molecule has 0 spiro atoms. The van der Waals surface area contributed by atoms with Gasteiger partial charge in [0.25, 0.3) is 0 Å². The lowest BCUT2D eigenvalue weighted by molar-refractivity contribution is -0.143. The first-order valence-electron chi connectivity index (χ1n) is 8.11.